The van der Waals surface area contributed by atoms with Gasteiger partial charge in [0.1, 0.15) is 0 Å². The van der Waals surface area contributed by atoms with Crippen LogP contribution in [-0.4, -0.2) is 68.2 Å². The summed E-state index contributed by atoms with van der Waals surface area (Å²) >= 11 is 0. The number of hydrogen-bond acceptors (Lipinski definition) is 4. The molecule has 3 fully saturated rings. The zero-order chi connectivity index (χ0) is 13.3. The average molecular weight is 287 g/mol. The van der Waals surface area contributed by atoms with Gasteiger partial charge in [-0.05, 0) is 58.3 Å². The SMILES string of the molecule is O=S(=O)(C1CCNCC1)N1CCCN2CCCC2C1. The van der Waals surface area contributed by atoms with Crippen LogP contribution in [-0.2, 0) is 10.0 Å². The summed E-state index contributed by atoms with van der Waals surface area (Å²) in [5.41, 5.74) is 0. The largest absolute Gasteiger partial charge is 0.317 e. The monoisotopic (exact) mass is 287 g/mol. The second-order valence-electron chi connectivity index (χ2n) is 6.04. The first-order chi connectivity index (χ1) is 9.18. The van der Waals surface area contributed by atoms with Crippen molar-refractivity contribution in [1.29, 1.82) is 0 Å². The van der Waals surface area contributed by atoms with Gasteiger partial charge in [-0.15, -0.1) is 0 Å². The van der Waals surface area contributed by atoms with E-state index in [0.717, 1.165) is 65.0 Å². The average Bonchev–Trinajstić information content (AvgIpc) is 2.76. The molecule has 0 radical (unpaired) electrons. The lowest BCUT2D eigenvalue weighted by Gasteiger charge is -2.30. The third-order valence-corrected chi connectivity index (χ3v) is 7.20. The molecule has 0 aliphatic carbocycles. The fourth-order valence-corrected chi connectivity index (χ4v) is 5.72. The van der Waals surface area contributed by atoms with E-state index >= 15 is 0 Å². The second-order valence-corrected chi connectivity index (χ2v) is 8.25. The van der Waals surface area contributed by atoms with Crippen molar-refractivity contribution in [3.05, 3.63) is 0 Å². The van der Waals surface area contributed by atoms with Crippen LogP contribution >= 0.6 is 0 Å². The number of nitrogens with one attached hydrogen (secondary N) is 1. The topological polar surface area (TPSA) is 52.7 Å². The lowest BCUT2D eigenvalue weighted by atomic mass is 10.2. The van der Waals surface area contributed by atoms with Crippen molar-refractivity contribution in [2.45, 2.75) is 43.4 Å². The van der Waals surface area contributed by atoms with E-state index in [-0.39, 0.29) is 5.25 Å². The molecule has 0 aromatic heterocycles. The van der Waals surface area contributed by atoms with Crippen LogP contribution in [0.2, 0.25) is 0 Å². The molecule has 6 heteroatoms. The summed E-state index contributed by atoms with van der Waals surface area (Å²) in [6.07, 6.45) is 4.92. The van der Waals surface area contributed by atoms with E-state index in [0.29, 0.717) is 6.04 Å². The predicted molar refractivity (Wildman–Crippen MR) is 75.6 cm³/mol. The summed E-state index contributed by atoms with van der Waals surface area (Å²) in [5.74, 6) is 0. The molecular weight excluding hydrogens is 262 g/mol. The van der Waals surface area contributed by atoms with E-state index in [1.807, 2.05) is 0 Å². The normalized spacial score (nSPS) is 32.1. The van der Waals surface area contributed by atoms with Gasteiger partial charge in [-0.2, -0.15) is 0 Å². The Morgan fingerprint density at radius 3 is 2.47 bits per heavy atom. The predicted octanol–water partition coefficient (Wildman–Crippen LogP) is 0.238. The molecule has 3 rings (SSSR count). The highest BCUT2D eigenvalue weighted by molar-refractivity contribution is 7.89. The minimum atomic E-state index is -3.08. The fourth-order valence-electron chi connectivity index (χ4n) is 3.71. The lowest BCUT2D eigenvalue weighted by molar-refractivity contribution is 0.256. The molecule has 1 unspecified atom stereocenters. The Balaban J connectivity index is 1.72. The molecule has 1 N–H and O–H groups in total. The summed E-state index contributed by atoms with van der Waals surface area (Å²) in [5, 5.41) is 3.10. The molecule has 0 bridgehead atoms. The Morgan fingerprint density at radius 2 is 1.68 bits per heavy atom. The number of sulfonamides is 1. The maximum Gasteiger partial charge on any atom is 0.217 e. The van der Waals surface area contributed by atoms with E-state index in [2.05, 4.69) is 10.2 Å². The minimum Gasteiger partial charge on any atom is -0.317 e. The summed E-state index contributed by atoms with van der Waals surface area (Å²) in [6, 6.07) is 0.471. The van der Waals surface area contributed by atoms with Crippen molar-refractivity contribution < 1.29 is 8.42 Å². The van der Waals surface area contributed by atoms with E-state index in [9.17, 15) is 8.42 Å². The van der Waals surface area contributed by atoms with Gasteiger partial charge in [-0.3, -0.25) is 4.90 Å². The third kappa shape index (κ3) is 2.82. The molecule has 0 aromatic rings. The van der Waals surface area contributed by atoms with Crippen molar-refractivity contribution in [2.24, 2.45) is 0 Å². The first kappa shape index (κ1) is 13.8. The van der Waals surface area contributed by atoms with E-state index in [1.54, 1.807) is 4.31 Å². The third-order valence-electron chi connectivity index (χ3n) is 4.83. The van der Waals surface area contributed by atoms with Crippen molar-refractivity contribution >= 4 is 10.0 Å². The zero-order valence-corrected chi connectivity index (χ0v) is 12.4. The standard InChI is InChI=1S/C13H25N3O2S/c17-19(18,13-4-6-14-7-5-13)16-10-2-9-15-8-1-3-12(15)11-16/h12-14H,1-11H2. The van der Waals surface area contributed by atoms with Gasteiger partial charge in [0.05, 0.1) is 5.25 Å². The van der Waals surface area contributed by atoms with E-state index < -0.39 is 10.0 Å². The lowest BCUT2D eigenvalue weighted by Crippen LogP contribution is -2.46. The van der Waals surface area contributed by atoms with Crippen LogP contribution < -0.4 is 5.32 Å². The van der Waals surface area contributed by atoms with Crippen molar-refractivity contribution in [2.75, 3.05) is 39.3 Å². The molecule has 0 saturated carbocycles. The van der Waals surface area contributed by atoms with Gasteiger partial charge < -0.3 is 5.32 Å². The van der Waals surface area contributed by atoms with Crippen LogP contribution in [0.25, 0.3) is 0 Å². The molecule has 0 aromatic carbocycles. The molecule has 3 heterocycles. The number of rotatable bonds is 2. The molecule has 5 nitrogen and oxygen atoms in total. The molecule has 0 spiro atoms. The fraction of sp³-hybridized carbons (Fsp3) is 1.00. The highest BCUT2D eigenvalue weighted by Crippen LogP contribution is 2.25. The smallest absolute Gasteiger partial charge is 0.217 e. The maximum absolute atomic E-state index is 12.8. The molecule has 3 saturated heterocycles. The summed E-state index contributed by atoms with van der Waals surface area (Å²) in [7, 11) is -3.08. The quantitative estimate of drug-likeness (QED) is 0.790. The van der Waals surface area contributed by atoms with Crippen LogP contribution in [0.5, 0.6) is 0 Å². The van der Waals surface area contributed by atoms with Gasteiger partial charge in [-0.25, -0.2) is 12.7 Å². The first-order valence-corrected chi connectivity index (χ1v) is 9.12. The molecule has 1 atom stereocenters. The molecular formula is C13H25N3O2S. The van der Waals surface area contributed by atoms with E-state index in [1.165, 1.54) is 6.42 Å². The van der Waals surface area contributed by atoms with Crippen molar-refractivity contribution in [1.82, 2.24) is 14.5 Å². The molecule has 110 valence electrons. The van der Waals surface area contributed by atoms with Gasteiger partial charge in [0.15, 0.2) is 0 Å². The maximum atomic E-state index is 12.8. The number of fused-ring (bicyclic) bond motifs is 1. The van der Waals surface area contributed by atoms with Gasteiger partial charge in [-0.1, -0.05) is 0 Å². The number of hydrogen-bond donors (Lipinski definition) is 1. The molecule has 19 heavy (non-hydrogen) atoms. The first-order valence-electron chi connectivity index (χ1n) is 7.61. The zero-order valence-electron chi connectivity index (χ0n) is 11.6. The van der Waals surface area contributed by atoms with Gasteiger partial charge in [0, 0.05) is 19.1 Å². The van der Waals surface area contributed by atoms with Gasteiger partial charge >= 0.3 is 0 Å². The van der Waals surface area contributed by atoms with Crippen LogP contribution in [0.3, 0.4) is 0 Å². The van der Waals surface area contributed by atoms with Crippen LogP contribution in [0, 0.1) is 0 Å². The number of piperidine rings is 1. The van der Waals surface area contributed by atoms with E-state index in [4.69, 9.17) is 0 Å². The van der Waals surface area contributed by atoms with Crippen LogP contribution in [0.15, 0.2) is 0 Å². The number of nitrogens with zero attached hydrogens (tertiary/aromatic N) is 2. The highest BCUT2D eigenvalue weighted by Gasteiger charge is 2.37. The van der Waals surface area contributed by atoms with Crippen LogP contribution in [0.1, 0.15) is 32.1 Å². The van der Waals surface area contributed by atoms with Gasteiger partial charge in [0.25, 0.3) is 0 Å². The van der Waals surface area contributed by atoms with Gasteiger partial charge in [0.2, 0.25) is 10.0 Å². The van der Waals surface area contributed by atoms with Crippen molar-refractivity contribution in [3.8, 4) is 0 Å². The Bertz CT molecular complexity index is 406. The second kappa shape index (κ2) is 5.68. The highest BCUT2D eigenvalue weighted by atomic mass is 32.2. The Labute approximate surface area is 116 Å². The Hall–Kier alpha value is -0.170. The minimum absolute atomic E-state index is 0.151. The Kier molecular flexibility index (Phi) is 4.12. The summed E-state index contributed by atoms with van der Waals surface area (Å²) in [6.45, 7) is 5.36. The summed E-state index contributed by atoms with van der Waals surface area (Å²) < 4.78 is 27.3. The molecule has 3 aliphatic rings. The van der Waals surface area contributed by atoms with Crippen LogP contribution in [0.4, 0.5) is 0 Å². The summed E-state index contributed by atoms with van der Waals surface area (Å²) in [4.78, 5) is 2.48. The molecule has 0 amide bonds. The molecule has 3 aliphatic heterocycles. The Morgan fingerprint density at radius 1 is 0.947 bits per heavy atom. The van der Waals surface area contributed by atoms with Crippen molar-refractivity contribution in [3.63, 3.8) is 0 Å².